The Hall–Kier alpha value is -1.36. The number of nitrogens with zero attached hydrogens (tertiary/aromatic N) is 4. The van der Waals surface area contributed by atoms with Crippen LogP contribution in [0.25, 0.3) is 0 Å². The molecule has 2 amide bonds. The van der Waals surface area contributed by atoms with Gasteiger partial charge in [0, 0.05) is 39.4 Å². The summed E-state index contributed by atoms with van der Waals surface area (Å²) in [5.74, 6) is 0.685. The molecular weight excluding hydrogens is 508 g/mol. The van der Waals surface area contributed by atoms with Crippen LogP contribution in [-0.4, -0.2) is 107 Å². The van der Waals surface area contributed by atoms with Crippen LogP contribution in [0.3, 0.4) is 0 Å². The minimum atomic E-state index is 0.110. The largest absolute Gasteiger partial charge is 0.379 e. The van der Waals surface area contributed by atoms with Gasteiger partial charge in [0.25, 0.3) is 0 Å². The Morgan fingerprint density at radius 3 is 1.84 bits per heavy atom. The lowest BCUT2D eigenvalue weighted by molar-refractivity contribution is -0.126. The van der Waals surface area contributed by atoms with E-state index in [9.17, 15) is 9.59 Å². The van der Waals surface area contributed by atoms with Gasteiger partial charge in [-0.15, -0.1) is 0 Å². The van der Waals surface area contributed by atoms with Crippen LogP contribution in [0.15, 0.2) is 0 Å². The highest BCUT2D eigenvalue weighted by Gasteiger charge is 2.34. The minimum absolute atomic E-state index is 0.110. The zero-order chi connectivity index (χ0) is 27.4. The van der Waals surface area contributed by atoms with E-state index in [1.165, 1.54) is 0 Å². The molecule has 0 aromatic carbocycles. The van der Waals surface area contributed by atoms with E-state index in [2.05, 4.69) is 20.8 Å². The van der Waals surface area contributed by atoms with Crippen molar-refractivity contribution in [3.05, 3.63) is 0 Å². The van der Waals surface area contributed by atoms with Gasteiger partial charge in [-0.2, -0.15) is 0 Å². The van der Waals surface area contributed by atoms with Gasteiger partial charge in [0.1, 0.15) is 0 Å². The van der Waals surface area contributed by atoms with E-state index in [1.807, 2.05) is 23.6 Å². The molecule has 0 radical (unpaired) electrons. The fourth-order valence-corrected chi connectivity index (χ4v) is 5.67. The quantitative estimate of drug-likeness (QED) is 0.175. The van der Waals surface area contributed by atoms with Crippen LogP contribution in [0.1, 0.15) is 73.1 Å². The number of rotatable bonds is 19. The molecule has 0 N–H and O–H groups in total. The van der Waals surface area contributed by atoms with E-state index in [-0.39, 0.29) is 17.2 Å². The van der Waals surface area contributed by atoms with Gasteiger partial charge in [-0.3, -0.25) is 19.4 Å². The number of amides is 2. The summed E-state index contributed by atoms with van der Waals surface area (Å²) in [5.41, 5.74) is 0.119. The molecule has 0 aromatic heterocycles. The van der Waals surface area contributed by atoms with Gasteiger partial charge >= 0.3 is 0 Å². The molecule has 0 bridgehead atoms. The molecule has 212 valence electrons. The van der Waals surface area contributed by atoms with Crippen LogP contribution in [-0.2, 0) is 19.1 Å². The van der Waals surface area contributed by atoms with E-state index >= 15 is 0 Å². The topological polar surface area (TPSA) is 65.6 Å². The second-order valence-electron chi connectivity index (χ2n) is 10.7. The molecule has 2 unspecified atom stereocenters. The van der Waals surface area contributed by atoms with Crippen LogP contribution in [0.5, 0.6) is 0 Å². The molecule has 8 nitrogen and oxygen atoms in total. The van der Waals surface area contributed by atoms with Gasteiger partial charge in [0.05, 0.1) is 26.3 Å². The summed E-state index contributed by atoms with van der Waals surface area (Å²) in [6.45, 7) is 17.0. The summed E-state index contributed by atoms with van der Waals surface area (Å²) in [7, 11) is 0. The van der Waals surface area contributed by atoms with Gasteiger partial charge in [-0.05, 0) is 81.7 Å². The van der Waals surface area contributed by atoms with Gasteiger partial charge < -0.3 is 19.3 Å². The Kier molecular flexibility index (Phi) is 13.7. The van der Waals surface area contributed by atoms with Crippen molar-refractivity contribution in [2.45, 2.75) is 73.1 Å². The molecule has 2 saturated heterocycles. The van der Waals surface area contributed by atoms with Crippen molar-refractivity contribution < 1.29 is 19.1 Å². The van der Waals surface area contributed by atoms with E-state index in [1.54, 1.807) is 9.80 Å². The summed E-state index contributed by atoms with van der Waals surface area (Å²) in [5, 5.41) is 1.34. The van der Waals surface area contributed by atoms with Crippen molar-refractivity contribution in [3.63, 3.8) is 0 Å². The van der Waals surface area contributed by atoms with Crippen LogP contribution in [0.4, 0.5) is 0 Å². The summed E-state index contributed by atoms with van der Waals surface area (Å²) >= 11 is 10.9. The maximum Gasteiger partial charge on any atom is 0.248 e. The summed E-state index contributed by atoms with van der Waals surface area (Å²) < 4.78 is 11.7. The number of carbonyl (C=O) groups excluding carboxylic acids is 2. The molecule has 2 fully saturated rings. The van der Waals surface area contributed by atoms with Crippen LogP contribution < -0.4 is 0 Å². The van der Waals surface area contributed by atoms with E-state index < -0.39 is 0 Å². The van der Waals surface area contributed by atoms with Crippen molar-refractivity contribution in [2.24, 2.45) is 11.3 Å². The zero-order valence-electron chi connectivity index (χ0n) is 23.6. The lowest BCUT2D eigenvalue weighted by atomic mass is 9.79. The van der Waals surface area contributed by atoms with Crippen molar-refractivity contribution in [1.29, 1.82) is 0 Å². The fraction of sp³-hybridized carbons (Fsp3) is 0.852. The fourth-order valence-electron chi connectivity index (χ4n) is 4.90. The average Bonchev–Trinajstić information content (AvgIpc) is 3.30. The molecule has 10 heteroatoms. The van der Waals surface area contributed by atoms with E-state index in [0.29, 0.717) is 68.7 Å². The Bertz CT molecular complexity index is 784. The predicted octanol–water partition coefficient (Wildman–Crippen LogP) is 3.92. The number of hydrogen-bond donors (Lipinski definition) is 0. The standard InChI is InChI=1S/C27H48N4O4S2/c1-6-11-27(5,12-15-31-24(33)21-29(8-3)26(31)37)13-17-35-19-18-34-16-10-22(4)9-14-30-23(32)20-28(7-2)25(30)36/h22H,6-21H2,1-5H3. The van der Waals surface area contributed by atoms with Gasteiger partial charge in [-0.25, -0.2) is 0 Å². The van der Waals surface area contributed by atoms with Crippen LogP contribution in [0.2, 0.25) is 0 Å². The molecule has 2 aliphatic rings. The highest BCUT2D eigenvalue weighted by atomic mass is 32.1. The molecule has 37 heavy (non-hydrogen) atoms. The van der Waals surface area contributed by atoms with Gasteiger partial charge in [0.15, 0.2) is 10.2 Å². The first-order chi connectivity index (χ1) is 17.7. The Morgan fingerprint density at radius 1 is 0.784 bits per heavy atom. The van der Waals surface area contributed by atoms with E-state index in [4.69, 9.17) is 33.9 Å². The second-order valence-corrected chi connectivity index (χ2v) is 11.4. The second kappa shape index (κ2) is 15.9. The molecular formula is C27H48N4O4S2. The Labute approximate surface area is 235 Å². The number of thiocarbonyl (C=S) groups is 2. The highest BCUT2D eigenvalue weighted by molar-refractivity contribution is 7.80. The number of carbonyl (C=O) groups is 2. The lowest BCUT2D eigenvalue weighted by Crippen LogP contribution is -2.36. The Balaban J connectivity index is 1.56. The normalized spacial score (nSPS) is 18.9. The molecule has 0 aliphatic carbocycles. The average molecular weight is 557 g/mol. The lowest BCUT2D eigenvalue weighted by Gasteiger charge is -2.31. The third kappa shape index (κ3) is 9.71. The number of hydrogen-bond acceptors (Lipinski definition) is 6. The maximum absolute atomic E-state index is 12.3. The SMILES string of the molecule is CCCC(C)(CCOCCOCCC(C)CCN1C(=O)CN(CC)C1=S)CCN1C(=O)CN(CC)C1=S. The molecule has 0 spiro atoms. The molecule has 2 heterocycles. The van der Waals surface area contributed by atoms with Gasteiger partial charge in [0.2, 0.25) is 11.8 Å². The molecule has 2 aliphatic heterocycles. The van der Waals surface area contributed by atoms with E-state index in [0.717, 1.165) is 51.6 Å². The zero-order valence-corrected chi connectivity index (χ0v) is 25.3. The molecule has 0 saturated carbocycles. The minimum Gasteiger partial charge on any atom is -0.379 e. The number of ether oxygens (including phenoxy) is 2. The molecule has 2 rings (SSSR count). The van der Waals surface area contributed by atoms with Crippen molar-refractivity contribution in [2.75, 3.05) is 65.7 Å². The summed E-state index contributed by atoms with van der Waals surface area (Å²) in [4.78, 5) is 31.9. The van der Waals surface area contributed by atoms with Crippen molar-refractivity contribution in [3.8, 4) is 0 Å². The smallest absolute Gasteiger partial charge is 0.248 e. The first-order valence-electron chi connectivity index (χ1n) is 14.0. The summed E-state index contributed by atoms with van der Waals surface area (Å²) in [6.07, 6.45) is 5.95. The van der Waals surface area contributed by atoms with Crippen LogP contribution in [0, 0.1) is 11.3 Å². The number of likely N-dealkylation sites (N-methyl/N-ethyl adjacent to an activating group) is 2. The van der Waals surface area contributed by atoms with Crippen molar-refractivity contribution >= 4 is 46.5 Å². The van der Waals surface area contributed by atoms with Crippen LogP contribution >= 0.6 is 24.4 Å². The Morgan fingerprint density at radius 2 is 1.32 bits per heavy atom. The predicted molar refractivity (Wildman–Crippen MR) is 155 cm³/mol. The first kappa shape index (κ1) is 31.9. The first-order valence-corrected chi connectivity index (χ1v) is 14.8. The maximum atomic E-state index is 12.3. The monoisotopic (exact) mass is 556 g/mol. The van der Waals surface area contributed by atoms with Crippen molar-refractivity contribution in [1.82, 2.24) is 19.6 Å². The third-order valence-corrected chi connectivity index (χ3v) is 8.59. The molecule has 0 aromatic rings. The van der Waals surface area contributed by atoms with Gasteiger partial charge in [-0.1, -0.05) is 27.2 Å². The molecule has 2 atom stereocenters. The highest BCUT2D eigenvalue weighted by Crippen LogP contribution is 2.32. The summed E-state index contributed by atoms with van der Waals surface area (Å²) in [6, 6.07) is 0. The third-order valence-electron chi connectivity index (χ3n) is 7.64.